The molecule has 0 aliphatic carbocycles. The van der Waals surface area contributed by atoms with E-state index in [2.05, 4.69) is 6.92 Å². The number of carbonyl (C=O) groups is 1. The molecule has 0 aliphatic rings. The maximum atomic E-state index is 10.9. The van der Waals surface area contributed by atoms with Crippen molar-refractivity contribution in [3.63, 3.8) is 0 Å². The highest BCUT2D eigenvalue weighted by atomic mass is 16.5. The lowest BCUT2D eigenvalue weighted by molar-refractivity contribution is 0.0697. The fraction of sp³-hybridized carbons (Fsp3) is 0.188. The van der Waals surface area contributed by atoms with Gasteiger partial charge in [0.25, 0.3) is 0 Å². The molecule has 3 N–H and O–H groups in total. The second kappa shape index (κ2) is 6.17. The normalized spacial score (nSPS) is 10.2. The van der Waals surface area contributed by atoms with Gasteiger partial charge in [0.15, 0.2) is 17.2 Å². The Kier molecular flexibility index (Phi) is 4.33. The van der Waals surface area contributed by atoms with Crippen molar-refractivity contribution in [2.45, 2.75) is 13.3 Å². The topological polar surface area (TPSA) is 81.8 Å². The number of ether oxygens (including phenoxy) is 2. The summed E-state index contributed by atoms with van der Waals surface area (Å²) >= 11 is 0. The third-order valence-electron chi connectivity index (χ3n) is 3.11. The van der Waals surface area contributed by atoms with Gasteiger partial charge in [-0.25, -0.2) is 4.79 Å². The van der Waals surface area contributed by atoms with Gasteiger partial charge in [0, 0.05) is 0 Å². The van der Waals surface area contributed by atoms with Crippen LogP contribution in [0.25, 0.3) is 0 Å². The Labute approximate surface area is 122 Å². The van der Waals surface area contributed by atoms with Gasteiger partial charge in [-0.15, -0.1) is 0 Å². The van der Waals surface area contributed by atoms with E-state index in [4.69, 9.17) is 20.3 Å². The summed E-state index contributed by atoms with van der Waals surface area (Å²) < 4.78 is 11.0. The van der Waals surface area contributed by atoms with Crippen LogP contribution in [0.2, 0.25) is 0 Å². The van der Waals surface area contributed by atoms with Crippen LogP contribution < -0.4 is 15.2 Å². The maximum absolute atomic E-state index is 10.9. The van der Waals surface area contributed by atoms with Crippen molar-refractivity contribution >= 4 is 11.7 Å². The molecule has 0 fully saturated rings. The Bertz CT molecular complexity index is 667. The molecule has 2 rings (SSSR count). The molecule has 0 aliphatic heterocycles. The van der Waals surface area contributed by atoms with Crippen LogP contribution in [-0.4, -0.2) is 18.2 Å². The summed E-state index contributed by atoms with van der Waals surface area (Å²) in [6.07, 6.45) is 0.895. The molecule has 0 unspecified atom stereocenters. The first kappa shape index (κ1) is 14.7. The van der Waals surface area contributed by atoms with Gasteiger partial charge in [-0.2, -0.15) is 0 Å². The number of hydrogen-bond acceptors (Lipinski definition) is 4. The minimum absolute atomic E-state index is 0.119. The third kappa shape index (κ3) is 3.25. The molecule has 0 saturated carbocycles. The molecule has 5 heteroatoms. The average molecular weight is 287 g/mol. The first-order valence-corrected chi connectivity index (χ1v) is 6.52. The molecule has 0 radical (unpaired) electrons. The molecule has 0 bridgehead atoms. The molecule has 2 aromatic carbocycles. The third-order valence-corrected chi connectivity index (χ3v) is 3.11. The fourth-order valence-corrected chi connectivity index (χ4v) is 1.91. The van der Waals surface area contributed by atoms with Crippen molar-refractivity contribution in [2.75, 3.05) is 12.8 Å². The van der Waals surface area contributed by atoms with E-state index in [1.165, 1.54) is 18.2 Å². The van der Waals surface area contributed by atoms with Gasteiger partial charge >= 0.3 is 5.97 Å². The summed E-state index contributed by atoms with van der Waals surface area (Å²) in [5.74, 6) is 0.501. The number of anilines is 1. The Morgan fingerprint density at radius 1 is 1.14 bits per heavy atom. The molecular weight excluding hydrogens is 270 g/mol. The van der Waals surface area contributed by atoms with E-state index in [1.54, 1.807) is 7.11 Å². The summed E-state index contributed by atoms with van der Waals surface area (Å²) in [7, 11) is 1.57. The highest BCUT2D eigenvalue weighted by Gasteiger charge is 2.11. The molecule has 2 aromatic rings. The van der Waals surface area contributed by atoms with Gasteiger partial charge in [-0.05, 0) is 42.3 Å². The summed E-state index contributed by atoms with van der Waals surface area (Å²) in [4.78, 5) is 10.9. The lowest BCUT2D eigenvalue weighted by atomic mass is 10.1. The Morgan fingerprint density at radius 3 is 2.43 bits per heavy atom. The lowest BCUT2D eigenvalue weighted by Gasteiger charge is -2.13. The van der Waals surface area contributed by atoms with E-state index < -0.39 is 5.97 Å². The summed E-state index contributed by atoms with van der Waals surface area (Å²) in [6.45, 7) is 2.05. The second-order valence-electron chi connectivity index (χ2n) is 4.50. The quantitative estimate of drug-likeness (QED) is 0.824. The number of carboxylic acids is 1. The summed E-state index contributed by atoms with van der Waals surface area (Å²) in [6, 6.07) is 10.00. The van der Waals surface area contributed by atoms with Gasteiger partial charge in [0.1, 0.15) is 0 Å². The zero-order valence-electron chi connectivity index (χ0n) is 11.9. The molecule has 110 valence electrons. The lowest BCUT2D eigenvalue weighted by Crippen LogP contribution is -2.00. The Hall–Kier alpha value is -2.69. The Morgan fingerprint density at radius 2 is 1.86 bits per heavy atom. The number of benzene rings is 2. The van der Waals surface area contributed by atoms with Crippen LogP contribution in [0.4, 0.5) is 5.69 Å². The molecule has 21 heavy (non-hydrogen) atoms. The van der Waals surface area contributed by atoms with Crippen LogP contribution in [0.1, 0.15) is 22.8 Å². The fourth-order valence-electron chi connectivity index (χ4n) is 1.91. The van der Waals surface area contributed by atoms with E-state index in [0.717, 1.165) is 12.0 Å². The van der Waals surface area contributed by atoms with E-state index in [0.29, 0.717) is 17.2 Å². The standard InChI is InChI=1S/C16H17NO4/c1-3-10-4-6-14(15(8-10)20-2)21-13-7-5-11(16(18)19)9-12(13)17/h4-9H,3,17H2,1-2H3,(H,18,19). The number of nitrogen functional groups attached to an aromatic ring is 1. The number of methoxy groups -OCH3 is 1. The molecule has 0 saturated heterocycles. The number of aromatic carboxylic acids is 1. The first-order valence-electron chi connectivity index (χ1n) is 6.52. The summed E-state index contributed by atoms with van der Waals surface area (Å²) in [5.41, 5.74) is 7.34. The zero-order valence-corrected chi connectivity index (χ0v) is 11.9. The summed E-state index contributed by atoms with van der Waals surface area (Å²) in [5, 5.41) is 8.91. The van der Waals surface area contributed by atoms with Gasteiger partial charge in [-0.3, -0.25) is 0 Å². The minimum Gasteiger partial charge on any atom is -0.493 e. The molecule has 0 spiro atoms. The average Bonchev–Trinajstić information content (AvgIpc) is 2.49. The molecular formula is C16H17NO4. The van der Waals surface area contributed by atoms with Crippen LogP contribution in [0.5, 0.6) is 17.2 Å². The molecule has 0 amide bonds. The van der Waals surface area contributed by atoms with Crippen molar-refractivity contribution in [3.05, 3.63) is 47.5 Å². The van der Waals surface area contributed by atoms with Crippen molar-refractivity contribution in [1.29, 1.82) is 0 Å². The van der Waals surface area contributed by atoms with Gasteiger partial charge < -0.3 is 20.3 Å². The zero-order chi connectivity index (χ0) is 15.4. The molecule has 5 nitrogen and oxygen atoms in total. The molecule has 0 atom stereocenters. The van der Waals surface area contributed by atoms with Crippen LogP contribution in [0, 0.1) is 0 Å². The van der Waals surface area contributed by atoms with Crippen molar-refractivity contribution in [1.82, 2.24) is 0 Å². The van der Waals surface area contributed by atoms with Gasteiger partial charge in [0.2, 0.25) is 0 Å². The van der Waals surface area contributed by atoms with E-state index in [1.807, 2.05) is 18.2 Å². The highest BCUT2D eigenvalue weighted by Crippen LogP contribution is 2.35. The first-order chi connectivity index (χ1) is 10.0. The molecule has 0 heterocycles. The van der Waals surface area contributed by atoms with Gasteiger partial charge in [0.05, 0.1) is 18.4 Å². The number of aryl methyl sites for hydroxylation is 1. The Balaban J connectivity index is 2.32. The SMILES string of the molecule is CCc1ccc(Oc2ccc(C(=O)O)cc2N)c(OC)c1. The van der Waals surface area contributed by atoms with Crippen molar-refractivity contribution in [2.24, 2.45) is 0 Å². The minimum atomic E-state index is -1.03. The van der Waals surface area contributed by atoms with Crippen molar-refractivity contribution in [3.8, 4) is 17.2 Å². The second-order valence-corrected chi connectivity index (χ2v) is 4.50. The monoisotopic (exact) mass is 287 g/mol. The van der Waals surface area contributed by atoms with Gasteiger partial charge in [-0.1, -0.05) is 13.0 Å². The number of hydrogen-bond donors (Lipinski definition) is 2. The van der Waals surface area contributed by atoms with E-state index in [9.17, 15) is 4.79 Å². The van der Waals surface area contributed by atoms with Crippen LogP contribution in [-0.2, 0) is 6.42 Å². The van der Waals surface area contributed by atoms with Crippen LogP contribution >= 0.6 is 0 Å². The van der Waals surface area contributed by atoms with Crippen LogP contribution in [0.3, 0.4) is 0 Å². The number of rotatable bonds is 5. The van der Waals surface area contributed by atoms with Crippen molar-refractivity contribution < 1.29 is 19.4 Å². The predicted molar refractivity (Wildman–Crippen MR) is 80.3 cm³/mol. The molecule has 0 aromatic heterocycles. The maximum Gasteiger partial charge on any atom is 0.335 e. The van der Waals surface area contributed by atoms with E-state index in [-0.39, 0.29) is 11.3 Å². The number of nitrogens with two attached hydrogens (primary N) is 1. The smallest absolute Gasteiger partial charge is 0.335 e. The largest absolute Gasteiger partial charge is 0.493 e. The predicted octanol–water partition coefficient (Wildman–Crippen LogP) is 3.33. The van der Waals surface area contributed by atoms with E-state index >= 15 is 0 Å². The van der Waals surface area contributed by atoms with Crippen LogP contribution in [0.15, 0.2) is 36.4 Å². The highest BCUT2D eigenvalue weighted by molar-refractivity contribution is 5.89. The number of carboxylic acid groups (broad SMARTS) is 1.